The smallest absolute Gasteiger partial charge is 0.338 e. The van der Waals surface area contributed by atoms with Gasteiger partial charge in [-0.25, -0.2) is 4.79 Å². The maximum atomic E-state index is 11.8. The molecule has 0 aliphatic rings. The first kappa shape index (κ1) is 20.5. The van der Waals surface area contributed by atoms with Crippen molar-refractivity contribution < 1.29 is 14.1 Å². The third kappa shape index (κ3) is 5.17. The number of hydrogen-bond donors (Lipinski definition) is 2. The van der Waals surface area contributed by atoms with Crippen LogP contribution in [0.3, 0.4) is 0 Å². The van der Waals surface area contributed by atoms with Gasteiger partial charge in [-0.2, -0.15) is 4.98 Å². The van der Waals surface area contributed by atoms with Gasteiger partial charge >= 0.3 is 5.97 Å². The Morgan fingerprint density at radius 2 is 1.97 bits per heavy atom. The zero-order valence-electron chi connectivity index (χ0n) is 16.5. The zero-order chi connectivity index (χ0) is 20.8. The highest BCUT2D eigenvalue weighted by Crippen LogP contribution is 2.20. The van der Waals surface area contributed by atoms with E-state index in [0.29, 0.717) is 35.5 Å². The second-order valence-electron chi connectivity index (χ2n) is 6.38. The molecule has 7 nitrogen and oxygen atoms in total. The van der Waals surface area contributed by atoms with E-state index >= 15 is 0 Å². The lowest BCUT2D eigenvalue weighted by atomic mass is 10.1. The number of aryl methyl sites for hydroxylation is 2. The highest BCUT2D eigenvalue weighted by molar-refractivity contribution is 7.80. The van der Waals surface area contributed by atoms with Crippen molar-refractivity contribution in [1.82, 2.24) is 15.5 Å². The molecule has 0 bridgehead atoms. The molecule has 0 atom stereocenters. The van der Waals surface area contributed by atoms with Crippen LogP contribution in [0.4, 0.5) is 5.69 Å². The first-order valence-corrected chi connectivity index (χ1v) is 9.60. The quantitative estimate of drug-likeness (QED) is 0.465. The SMILES string of the molecule is CCOC(=O)c1ccc(NC(=S)NCc2nc(-c3ccccc3C)no2)c(C)c1. The second-order valence-corrected chi connectivity index (χ2v) is 6.79. The van der Waals surface area contributed by atoms with E-state index in [1.807, 2.05) is 38.1 Å². The minimum absolute atomic E-state index is 0.296. The molecule has 2 aromatic carbocycles. The van der Waals surface area contributed by atoms with Gasteiger partial charge in [0, 0.05) is 11.3 Å². The maximum absolute atomic E-state index is 11.8. The van der Waals surface area contributed by atoms with Gasteiger partial charge < -0.3 is 19.9 Å². The molecule has 0 spiro atoms. The largest absolute Gasteiger partial charge is 0.462 e. The second kappa shape index (κ2) is 9.29. The molecule has 0 fully saturated rings. The number of benzene rings is 2. The average molecular weight is 410 g/mol. The first-order chi connectivity index (χ1) is 14.0. The molecule has 29 heavy (non-hydrogen) atoms. The molecular formula is C21H22N4O3S. The number of nitrogens with zero attached hydrogens (tertiary/aromatic N) is 2. The van der Waals surface area contributed by atoms with Gasteiger partial charge in [0.2, 0.25) is 11.7 Å². The van der Waals surface area contributed by atoms with Gasteiger partial charge in [0.15, 0.2) is 5.11 Å². The van der Waals surface area contributed by atoms with E-state index in [1.165, 1.54) is 0 Å². The van der Waals surface area contributed by atoms with Crippen molar-refractivity contribution in [3.8, 4) is 11.4 Å². The van der Waals surface area contributed by atoms with Crippen LogP contribution in [0.5, 0.6) is 0 Å². The summed E-state index contributed by atoms with van der Waals surface area (Å²) in [6, 6.07) is 13.1. The van der Waals surface area contributed by atoms with Crippen molar-refractivity contribution in [3.63, 3.8) is 0 Å². The minimum Gasteiger partial charge on any atom is -0.462 e. The average Bonchev–Trinajstić information content (AvgIpc) is 3.17. The highest BCUT2D eigenvalue weighted by atomic mass is 32.1. The number of thiocarbonyl (C=S) groups is 1. The molecule has 150 valence electrons. The lowest BCUT2D eigenvalue weighted by molar-refractivity contribution is 0.0526. The van der Waals surface area contributed by atoms with Gasteiger partial charge in [-0.3, -0.25) is 0 Å². The summed E-state index contributed by atoms with van der Waals surface area (Å²) in [6.45, 7) is 6.30. The van der Waals surface area contributed by atoms with Gasteiger partial charge in [-0.15, -0.1) is 0 Å². The summed E-state index contributed by atoms with van der Waals surface area (Å²) < 4.78 is 10.3. The molecule has 0 amide bonds. The predicted octanol–water partition coefficient (Wildman–Crippen LogP) is 4.02. The molecule has 2 N–H and O–H groups in total. The van der Waals surface area contributed by atoms with Crippen LogP contribution in [0.1, 0.15) is 34.3 Å². The fourth-order valence-corrected chi connectivity index (χ4v) is 2.91. The van der Waals surface area contributed by atoms with Crippen LogP contribution < -0.4 is 10.6 Å². The van der Waals surface area contributed by atoms with E-state index in [0.717, 1.165) is 22.4 Å². The summed E-state index contributed by atoms with van der Waals surface area (Å²) >= 11 is 5.34. The van der Waals surface area contributed by atoms with Gasteiger partial charge in [-0.05, 0) is 62.3 Å². The molecule has 1 aromatic heterocycles. The summed E-state index contributed by atoms with van der Waals surface area (Å²) in [5.41, 5.74) is 4.18. The number of rotatable bonds is 6. The summed E-state index contributed by atoms with van der Waals surface area (Å²) in [4.78, 5) is 16.2. The minimum atomic E-state index is -0.344. The van der Waals surface area contributed by atoms with Gasteiger partial charge in [0.25, 0.3) is 0 Å². The number of aromatic nitrogens is 2. The van der Waals surface area contributed by atoms with E-state index in [9.17, 15) is 4.79 Å². The Morgan fingerprint density at radius 1 is 1.17 bits per heavy atom. The Kier molecular flexibility index (Phi) is 6.56. The lowest BCUT2D eigenvalue weighted by Gasteiger charge is -2.12. The van der Waals surface area contributed by atoms with Crippen LogP contribution in [0.2, 0.25) is 0 Å². The number of carbonyl (C=O) groups is 1. The van der Waals surface area contributed by atoms with Crippen molar-refractivity contribution in [2.45, 2.75) is 27.3 Å². The molecule has 0 unspecified atom stereocenters. The number of anilines is 1. The number of nitrogens with one attached hydrogen (secondary N) is 2. The fourth-order valence-electron chi connectivity index (χ4n) is 2.73. The van der Waals surface area contributed by atoms with Crippen molar-refractivity contribution in [2.24, 2.45) is 0 Å². The van der Waals surface area contributed by atoms with E-state index < -0.39 is 0 Å². The predicted molar refractivity (Wildman–Crippen MR) is 115 cm³/mol. The molecule has 8 heteroatoms. The molecule has 0 saturated heterocycles. The Morgan fingerprint density at radius 3 is 2.69 bits per heavy atom. The lowest BCUT2D eigenvalue weighted by Crippen LogP contribution is -2.28. The van der Waals surface area contributed by atoms with Crippen molar-refractivity contribution in [3.05, 3.63) is 65.0 Å². The third-order valence-electron chi connectivity index (χ3n) is 4.24. The van der Waals surface area contributed by atoms with Crippen LogP contribution in [-0.2, 0) is 11.3 Å². The molecule has 0 aliphatic heterocycles. The van der Waals surface area contributed by atoms with Crippen LogP contribution in [0.15, 0.2) is 47.0 Å². The van der Waals surface area contributed by atoms with E-state index in [-0.39, 0.29) is 5.97 Å². The van der Waals surface area contributed by atoms with E-state index in [2.05, 4.69) is 20.8 Å². The summed E-state index contributed by atoms with van der Waals surface area (Å²) in [6.07, 6.45) is 0. The maximum Gasteiger partial charge on any atom is 0.338 e. The zero-order valence-corrected chi connectivity index (χ0v) is 17.3. The topological polar surface area (TPSA) is 89.3 Å². The number of ether oxygens (including phenoxy) is 1. The van der Waals surface area contributed by atoms with Gasteiger partial charge in [0.05, 0.1) is 18.7 Å². The number of carbonyl (C=O) groups excluding carboxylic acids is 1. The highest BCUT2D eigenvalue weighted by Gasteiger charge is 2.12. The molecular weight excluding hydrogens is 388 g/mol. The monoisotopic (exact) mass is 410 g/mol. The fraction of sp³-hybridized carbons (Fsp3) is 0.238. The Hall–Kier alpha value is -3.26. The number of hydrogen-bond acceptors (Lipinski definition) is 6. The van der Waals surface area contributed by atoms with Crippen LogP contribution >= 0.6 is 12.2 Å². The summed E-state index contributed by atoms with van der Waals surface area (Å²) in [5, 5.41) is 10.6. The molecule has 0 aliphatic carbocycles. The summed E-state index contributed by atoms with van der Waals surface area (Å²) in [5.74, 6) is 0.634. The molecule has 3 aromatic rings. The van der Waals surface area contributed by atoms with Crippen LogP contribution in [-0.4, -0.2) is 27.8 Å². The van der Waals surface area contributed by atoms with Crippen molar-refractivity contribution in [2.75, 3.05) is 11.9 Å². The van der Waals surface area contributed by atoms with Gasteiger partial charge in [-0.1, -0.05) is 29.4 Å². The van der Waals surface area contributed by atoms with Crippen molar-refractivity contribution >= 4 is 29.0 Å². The number of esters is 1. The Labute approximate surface area is 174 Å². The van der Waals surface area contributed by atoms with Crippen molar-refractivity contribution in [1.29, 1.82) is 0 Å². The Balaban J connectivity index is 1.58. The molecule has 1 heterocycles. The molecule has 0 radical (unpaired) electrons. The third-order valence-corrected chi connectivity index (χ3v) is 4.49. The molecule has 3 rings (SSSR count). The standard InChI is InChI=1S/C21H22N4O3S/c1-4-27-20(26)15-9-10-17(14(3)11-15)23-21(29)22-12-18-24-19(25-28-18)16-8-6-5-7-13(16)2/h5-11H,4,12H2,1-3H3,(H2,22,23,29). The first-order valence-electron chi connectivity index (χ1n) is 9.19. The van der Waals surface area contributed by atoms with Crippen LogP contribution in [0.25, 0.3) is 11.4 Å². The van der Waals surface area contributed by atoms with E-state index in [4.69, 9.17) is 21.5 Å². The van der Waals surface area contributed by atoms with Crippen LogP contribution in [0, 0.1) is 13.8 Å². The summed E-state index contributed by atoms with van der Waals surface area (Å²) in [7, 11) is 0. The van der Waals surface area contributed by atoms with E-state index in [1.54, 1.807) is 25.1 Å². The molecule has 0 saturated carbocycles. The van der Waals surface area contributed by atoms with Gasteiger partial charge in [0.1, 0.15) is 0 Å². The normalized spacial score (nSPS) is 10.4. The Bertz CT molecular complexity index is 1030.